The molecule has 1 atom stereocenters. The van der Waals surface area contributed by atoms with Gasteiger partial charge in [-0.25, -0.2) is 4.79 Å². The molecule has 8 nitrogen and oxygen atoms in total. The van der Waals surface area contributed by atoms with Crippen molar-refractivity contribution in [3.63, 3.8) is 0 Å². The van der Waals surface area contributed by atoms with Gasteiger partial charge < -0.3 is 26.4 Å². The summed E-state index contributed by atoms with van der Waals surface area (Å²) in [5.41, 5.74) is 5.44. The largest absolute Gasteiger partial charge is 0.447 e. The van der Waals surface area contributed by atoms with E-state index in [2.05, 4.69) is 29.8 Å². The van der Waals surface area contributed by atoms with Gasteiger partial charge >= 0.3 is 6.09 Å². The van der Waals surface area contributed by atoms with Crippen LogP contribution in [0, 0.1) is 0 Å². The number of rotatable bonds is 35. The van der Waals surface area contributed by atoms with Crippen LogP contribution in [0.3, 0.4) is 0 Å². The predicted molar refractivity (Wildman–Crippen MR) is 194 cm³/mol. The first-order valence-corrected chi connectivity index (χ1v) is 19.7. The normalized spacial score (nSPS) is 11.7. The van der Waals surface area contributed by atoms with Crippen LogP contribution in [-0.4, -0.2) is 50.2 Å². The molecule has 3 amide bonds. The third-order valence-electron chi connectivity index (χ3n) is 8.75. The second kappa shape index (κ2) is 36.0. The highest BCUT2D eigenvalue weighted by molar-refractivity contribution is 5.77. The van der Waals surface area contributed by atoms with Crippen LogP contribution in [0.4, 0.5) is 4.79 Å². The van der Waals surface area contributed by atoms with Crippen LogP contribution < -0.4 is 21.7 Å². The van der Waals surface area contributed by atoms with Crippen LogP contribution in [0.25, 0.3) is 0 Å². The fourth-order valence-corrected chi connectivity index (χ4v) is 5.79. The van der Waals surface area contributed by atoms with Gasteiger partial charge in [0.05, 0.1) is 6.04 Å². The van der Waals surface area contributed by atoms with Crippen molar-refractivity contribution in [1.29, 1.82) is 0 Å². The summed E-state index contributed by atoms with van der Waals surface area (Å²) in [5, 5.41) is 8.46. The van der Waals surface area contributed by atoms with Gasteiger partial charge in [0.2, 0.25) is 11.8 Å². The first kappa shape index (κ1) is 44.2. The quantitative estimate of drug-likeness (QED) is 0.0508. The lowest BCUT2D eigenvalue weighted by atomic mass is 10.0. The molecule has 0 heterocycles. The molecule has 0 radical (unpaired) electrons. The van der Waals surface area contributed by atoms with E-state index in [4.69, 9.17) is 10.5 Å². The van der Waals surface area contributed by atoms with Gasteiger partial charge in [0.1, 0.15) is 6.61 Å². The Kier molecular flexibility index (Phi) is 34.6. The minimum Gasteiger partial charge on any atom is -0.447 e. The van der Waals surface area contributed by atoms with Gasteiger partial charge in [0.25, 0.3) is 0 Å². The van der Waals surface area contributed by atoms with E-state index in [-0.39, 0.29) is 25.0 Å². The smallest absolute Gasteiger partial charge is 0.407 e. The van der Waals surface area contributed by atoms with Gasteiger partial charge in [-0.05, 0) is 12.8 Å². The molecule has 46 heavy (non-hydrogen) atoms. The van der Waals surface area contributed by atoms with Crippen LogP contribution in [0.5, 0.6) is 0 Å². The van der Waals surface area contributed by atoms with Crippen LogP contribution >= 0.6 is 0 Å². The Bertz CT molecular complexity index is 692. The lowest BCUT2D eigenvalue weighted by Crippen LogP contribution is -2.47. The summed E-state index contributed by atoms with van der Waals surface area (Å²) in [4.78, 5) is 37.0. The molecule has 0 aromatic rings. The summed E-state index contributed by atoms with van der Waals surface area (Å²) >= 11 is 0. The highest BCUT2D eigenvalue weighted by atomic mass is 16.5. The summed E-state index contributed by atoms with van der Waals surface area (Å²) in [5.74, 6) is -0.0869. The highest BCUT2D eigenvalue weighted by Crippen LogP contribution is 2.14. The van der Waals surface area contributed by atoms with E-state index in [1.54, 1.807) is 0 Å². The van der Waals surface area contributed by atoms with E-state index in [1.165, 1.54) is 135 Å². The minimum absolute atomic E-state index is 0.000230. The molecule has 0 aliphatic heterocycles. The zero-order valence-electron chi connectivity index (χ0n) is 30.4. The van der Waals surface area contributed by atoms with Gasteiger partial charge in [-0.3, -0.25) is 9.59 Å². The average Bonchev–Trinajstić information content (AvgIpc) is 3.05. The van der Waals surface area contributed by atoms with E-state index >= 15 is 0 Å². The molecular weight excluding hydrogens is 576 g/mol. The van der Waals surface area contributed by atoms with Crippen LogP contribution in [0.2, 0.25) is 0 Å². The second-order valence-electron chi connectivity index (χ2n) is 13.4. The molecule has 0 rings (SSSR count). The van der Waals surface area contributed by atoms with E-state index in [0.717, 1.165) is 32.1 Å². The number of unbranched alkanes of at least 4 members (excludes halogenated alkanes) is 24. The van der Waals surface area contributed by atoms with Crippen LogP contribution in [-0.2, 0) is 14.3 Å². The van der Waals surface area contributed by atoms with E-state index < -0.39 is 12.1 Å². The third kappa shape index (κ3) is 33.5. The average molecular weight is 653 g/mol. The Morgan fingerprint density at radius 3 is 1.28 bits per heavy atom. The molecule has 0 aromatic heterocycles. The molecule has 0 fully saturated rings. The number of nitrogens with one attached hydrogen (secondary N) is 3. The number of hydrogen-bond donors (Lipinski definition) is 4. The van der Waals surface area contributed by atoms with Gasteiger partial charge in [-0.15, -0.1) is 0 Å². The second-order valence-corrected chi connectivity index (χ2v) is 13.4. The summed E-state index contributed by atoms with van der Waals surface area (Å²) in [6.07, 6.45) is 33.3. The van der Waals surface area contributed by atoms with Crippen molar-refractivity contribution < 1.29 is 19.1 Å². The molecule has 8 heteroatoms. The summed E-state index contributed by atoms with van der Waals surface area (Å²) < 4.78 is 5.27. The first-order valence-electron chi connectivity index (χ1n) is 19.7. The Balaban J connectivity index is 4.07. The zero-order chi connectivity index (χ0) is 33.8. The van der Waals surface area contributed by atoms with E-state index in [9.17, 15) is 14.4 Å². The van der Waals surface area contributed by atoms with Crippen LogP contribution in [0.1, 0.15) is 194 Å². The molecule has 5 N–H and O–H groups in total. The fourth-order valence-electron chi connectivity index (χ4n) is 5.79. The molecule has 0 spiro atoms. The monoisotopic (exact) mass is 653 g/mol. The van der Waals surface area contributed by atoms with Crippen molar-refractivity contribution in [2.75, 3.05) is 26.2 Å². The van der Waals surface area contributed by atoms with Crippen molar-refractivity contribution >= 4 is 17.9 Å². The maximum Gasteiger partial charge on any atom is 0.407 e. The van der Waals surface area contributed by atoms with Gasteiger partial charge in [-0.2, -0.15) is 0 Å². The zero-order valence-corrected chi connectivity index (χ0v) is 30.4. The number of ether oxygens (including phenoxy) is 1. The number of nitrogens with two attached hydrogens (primary N) is 1. The number of carbonyl (C=O) groups excluding carboxylic acids is 3. The van der Waals surface area contributed by atoms with Gasteiger partial charge in [0, 0.05) is 32.5 Å². The maximum absolute atomic E-state index is 12.6. The fraction of sp³-hybridized carbons (Fsp3) is 0.921. The van der Waals surface area contributed by atoms with E-state index in [0.29, 0.717) is 25.9 Å². The van der Waals surface area contributed by atoms with Crippen molar-refractivity contribution in [3.05, 3.63) is 0 Å². The maximum atomic E-state index is 12.6. The Morgan fingerprint density at radius 1 is 0.522 bits per heavy atom. The standard InChI is InChI=1S/C38H76N4O4/c1-3-5-7-9-11-13-15-17-19-21-23-25-27-29-36(43)41-33-35(34-46-38(45)40-32-31-39)42-37(44)30-28-26-24-22-20-18-16-14-12-10-8-6-4-2/h35H,3-34,39H2,1-2H3,(H,40,45)(H,41,43)(H,42,44). The summed E-state index contributed by atoms with van der Waals surface area (Å²) in [7, 11) is 0. The number of hydrogen-bond acceptors (Lipinski definition) is 5. The van der Waals surface area contributed by atoms with E-state index in [1.807, 2.05) is 0 Å². The lowest BCUT2D eigenvalue weighted by Gasteiger charge is -2.19. The minimum atomic E-state index is -0.570. The SMILES string of the molecule is CCCCCCCCCCCCCCCC(=O)NCC(COC(=O)NCCN)NC(=O)CCCCCCCCCCCCCCC. The molecule has 0 aliphatic carbocycles. The molecular formula is C38H76N4O4. The Hall–Kier alpha value is -1.83. The molecule has 1 unspecified atom stereocenters. The summed E-state index contributed by atoms with van der Waals surface area (Å²) in [6.45, 7) is 5.41. The number of amides is 3. The highest BCUT2D eigenvalue weighted by Gasteiger charge is 2.16. The summed E-state index contributed by atoms with van der Waals surface area (Å²) in [6, 6.07) is -0.464. The number of carbonyl (C=O) groups is 3. The van der Waals surface area contributed by atoms with Crippen molar-refractivity contribution in [1.82, 2.24) is 16.0 Å². The van der Waals surface area contributed by atoms with Crippen molar-refractivity contribution in [3.8, 4) is 0 Å². The van der Waals surface area contributed by atoms with Crippen LogP contribution in [0.15, 0.2) is 0 Å². The predicted octanol–water partition coefficient (Wildman–Crippen LogP) is 9.23. The van der Waals surface area contributed by atoms with Gasteiger partial charge in [0.15, 0.2) is 0 Å². The molecule has 0 aromatic carbocycles. The van der Waals surface area contributed by atoms with Crippen molar-refractivity contribution in [2.45, 2.75) is 200 Å². The Morgan fingerprint density at radius 2 is 0.891 bits per heavy atom. The molecule has 0 saturated heterocycles. The van der Waals surface area contributed by atoms with Crippen molar-refractivity contribution in [2.24, 2.45) is 5.73 Å². The molecule has 272 valence electrons. The lowest BCUT2D eigenvalue weighted by molar-refractivity contribution is -0.124. The molecule has 0 bridgehead atoms. The first-order chi connectivity index (χ1) is 22.5. The topological polar surface area (TPSA) is 123 Å². The molecule has 0 aliphatic rings. The van der Waals surface area contributed by atoms with Gasteiger partial charge in [-0.1, -0.05) is 168 Å². The molecule has 0 saturated carbocycles. The number of alkyl carbamates (subject to hydrolysis) is 1. The third-order valence-corrected chi connectivity index (χ3v) is 8.75. The Labute approximate surface area is 284 Å².